The van der Waals surface area contributed by atoms with Crippen LogP contribution in [-0.2, 0) is 0 Å². The van der Waals surface area contributed by atoms with E-state index in [2.05, 4.69) is 43.1 Å². The molecule has 0 saturated carbocycles. The summed E-state index contributed by atoms with van der Waals surface area (Å²) in [5.41, 5.74) is 0. The number of thiol groups is 1. The third kappa shape index (κ3) is 5.31. The molecule has 2 unspecified atom stereocenters. The second kappa shape index (κ2) is 5.65. The van der Waals surface area contributed by atoms with Gasteiger partial charge < -0.3 is 0 Å². The minimum Gasteiger partial charge on any atom is -0.175 e. The van der Waals surface area contributed by atoms with Crippen molar-refractivity contribution in [3.63, 3.8) is 0 Å². The van der Waals surface area contributed by atoms with Crippen LogP contribution in [0.3, 0.4) is 0 Å². The molecule has 0 spiro atoms. The van der Waals surface area contributed by atoms with Gasteiger partial charge in [-0.25, -0.2) is 0 Å². The molecule has 1 fully saturated rings. The monoisotopic (exact) mass is 208 g/mol. The summed E-state index contributed by atoms with van der Waals surface area (Å²) in [6.07, 6.45) is 2.62. The number of rotatable bonds is 6. The van der Waals surface area contributed by atoms with Gasteiger partial charge in [-0.3, -0.25) is 0 Å². The molecule has 0 radical (unpaired) electrons. The molecule has 0 aromatic rings. The molecule has 2 atom stereocenters. The van der Waals surface area contributed by atoms with Gasteiger partial charge in [-0.15, -0.1) is 0 Å². The third-order valence-electron chi connectivity index (χ3n) is 1.77. The number of thioether (sulfide) groups is 2. The first-order valence-corrected chi connectivity index (χ1v) is 6.92. The standard InChI is InChI=1S/C8H16S3/c1-2-7(9)5-10-4-3-8-6-11-8/h7-9H,2-6H2,1H3. The summed E-state index contributed by atoms with van der Waals surface area (Å²) in [5.74, 6) is 3.99. The smallest absolute Gasteiger partial charge is 0.0146 e. The average Bonchev–Trinajstić information content (AvgIpc) is 2.81. The normalized spacial score (nSPS) is 25.1. The Morgan fingerprint density at radius 1 is 1.73 bits per heavy atom. The lowest BCUT2D eigenvalue weighted by molar-refractivity contribution is 0.919. The highest BCUT2D eigenvalue weighted by Crippen LogP contribution is 2.33. The van der Waals surface area contributed by atoms with Crippen LogP contribution in [0.25, 0.3) is 0 Å². The zero-order valence-electron chi connectivity index (χ0n) is 6.95. The Balaban J connectivity index is 1.79. The Kier molecular flexibility index (Phi) is 5.21. The molecule has 66 valence electrons. The molecule has 0 bridgehead atoms. The molecule has 1 rings (SSSR count). The van der Waals surface area contributed by atoms with E-state index in [0.29, 0.717) is 5.25 Å². The molecule has 3 heteroatoms. The molecular weight excluding hydrogens is 192 g/mol. The summed E-state index contributed by atoms with van der Waals surface area (Å²) in [4.78, 5) is 0. The van der Waals surface area contributed by atoms with E-state index in [1.165, 1.54) is 30.1 Å². The number of hydrogen-bond acceptors (Lipinski definition) is 3. The minimum absolute atomic E-state index is 0.617. The van der Waals surface area contributed by atoms with Crippen molar-refractivity contribution in [2.75, 3.05) is 17.3 Å². The fourth-order valence-electron chi connectivity index (χ4n) is 0.787. The second-order valence-electron chi connectivity index (χ2n) is 2.88. The first kappa shape index (κ1) is 10.1. The molecule has 11 heavy (non-hydrogen) atoms. The lowest BCUT2D eigenvalue weighted by atomic mass is 10.4. The summed E-state index contributed by atoms with van der Waals surface area (Å²) in [5, 5.41) is 1.63. The van der Waals surface area contributed by atoms with Crippen LogP contribution < -0.4 is 0 Å². The maximum absolute atomic E-state index is 4.44. The molecule has 0 nitrogen and oxygen atoms in total. The van der Waals surface area contributed by atoms with E-state index >= 15 is 0 Å². The summed E-state index contributed by atoms with van der Waals surface area (Å²) in [7, 11) is 0. The van der Waals surface area contributed by atoms with Crippen LogP contribution in [0.4, 0.5) is 0 Å². The highest BCUT2D eigenvalue weighted by molar-refractivity contribution is 8.07. The predicted molar refractivity (Wildman–Crippen MR) is 61.3 cm³/mol. The highest BCUT2D eigenvalue weighted by atomic mass is 32.2. The largest absolute Gasteiger partial charge is 0.175 e. The van der Waals surface area contributed by atoms with Crippen molar-refractivity contribution in [1.82, 2.24) is 0 Å². The topological polar surface area (TPSA) is 0 Å². The Morgan fingerprint density at radius 2 is 2.45 bits per heavy atom. The molecule has 1 aliphatic rings. The Morgan fingerprint density at radius 3 is 3.00 bits per heavy atom. The molecule has 0 aliphatic carbocycles. The van der Waals surface area contributed by atoms with Crippen LogP contribution in [0.2, 0.25) is 0 Å². The fraction of sp³-hybridized carbons (Fsp3) is 1.00. The van der Waals surface area contributed by atoms with Gasteiger partial charge in [0.2, 0.25) is 0 Å². The zero-order valence-corrected chi connectivity index (χ0v) is 9.48. The van der Waals surface area contributed by atoms with Gasteiger partial charge in [-0.2, -0.15) is 36.2 Å². The van der Waals surface area contributed by atoms with Gasteiger partial charge >= 0.3 is 0 Å². The van der Waals surface area contributed by atoms with E-state index in [4.69, 9.17) is 0 Å². The van der Waals surface area contributed by atoms with Crippen LogP contribution in [0.5, 0.6) is 0 Å². The average molecular weight is 208 g/mol. The number of hydrogen-bond donors (Lipinski definition) is 1. The van der Waals surface area contributed by atoms with Crippen molar-refractivity contribution in [2.24, 2.45) is 0 Å². The van der Waals surface area contributed by atoms with Crippen LogP contribution in [0.1, 0.15) is 19.8 Å². The van der Waals surface area contributed by atoms with Gasteiger partial charge in [0.1, 0.15) is 0 Å². The Labute approximate surface area is 83.7 Å². The van der Waals surface area contributed by atoms with E-state index in [1.807, 2.05) is 0 Å². The van der Waals surface area contributed by atoms with Crippen LogP contribution in [0.15, 0.2) is 0 Å². The summed E-state index contributed by atoms with van der Waals surface area (Å²) >= 11 is 8.61. The molecular formula is C8H16S3. The highest BCUT2D eigenvalue weighted by Gasteiger charge is 2.21. The molecule has 0 aromatic heterocycles. The third-order valence-corrected chi connectivity index (χ3v) is 4.77. The van der Waals surface area contributed by atoms with Crippen molar-refractivity contribution < 1.29 is 0 Å². The molecule has 0 N–H and O–H groups in total. The van der Waals surface area contributed by atoms with Crippen LogP contribution in [0, 0.1) is 0 Å². The summed E-state index contributed by atoms with van der Waals surface area (Å²) in [6.45, 7) is 2.20. The first-order chi connectivity index (χ1) is 5.33. The van der Waals surface area contributed by atoms with Crippen LogP contribution in [-0.4, -0.2) is 27.8 Å². The van der Waals surface area contributed by atoms with Gasteiger partial charge in [-0.1, -0.05) is 6.92 Å². The predicted octanol–water partition coefficient (Wildman–Crippen LogP) is 2.93. The second-order valence-corrected chi connectivity index (χ2v) is 6.09. The SMILES string of the molecule is CCC(S)CSCCC1CS1. The molecule has 1 saturated heterocycles. The summed E-state index contributed by atoms with van der Waals surface area (Å²) in [6, 6.07) is 0. The maximum atomic E-state index is 4.44. The minimum atomic E-state index is 0.617. The van der Waals surface area contributed by atoms with Crippen molar-refractivity contribution >= 4 is 36.2 Å². The van der Waals surface area contributed by atoms with E-state index in [1.54, 1.807) is 0 Å². The van der Waals surface area contributed by atoms with Gasteiger partial charge in [-0.05, 0) is 18.6 Å². The van der Waals surface area contributed by atoms with E-state index < -0.39 is 0 Å². The molecule has 1 heterocycles. The van der Waals surface area contributed by atoms with Gasteiger partial charge in [0.05, 0.1) is 0 Å². The lowest BCUT2D eigenvalue weighted by Gasteiger charge is -2.05. The molecule has 0 aromatic carbocycles. The lowest BCUT2D eigenvalue weighted by Crippen LogP contribution is -2.00. The van der Waals surface area contributed by atoms with E-state index in [-0.39, 0.29) is 0 Å². The van der Waals surface area contributed by atoms with Gasteiger partial charge in [0, 0.05) is 22.0 Å². The van der Waals surface area contributed by atoms with Crippen molar-refractivity contribution in [3.8, 4) is 0 Å². The van der Waals surface area contributed by atoms with E-state index in [9.17, 15) is 0 Å². The zero-order chi connectivity index (χ0) is 8.10. The quantitative estimate of drug-likeness (QED) is 0.405. The van der Waals surface area contributed by atoms with Crippen molar-refractivity contribution in [3.05, 3.63) is 0 Å². The fourth-order valence-corrected chi connectivity index (χ4v) is 2.97. The van der Waals surface area contributed by atoms with Crippen molar-refractivity contribution in [1.29, 1.82) is 0 Å². The Bertz CT molecular complexity index is 102. The van der Waals surface area contributed by atoms with E-state index in [0.717, 1.165) is 5.25 Å². The Hall–Kier alpha value is 1.05. The first-order valence-electron chi connectivity index (χ1n) is 4.20. The molecule has 0 amide bonds. The maximum Gasteiger partial charge on any atom is 0.0146 e. The molecule has 1 aliphatic heterocycles. The summed E-state index contributed by atoms with van der Waals surface area (Å²) < 4.78 is 0. The van der Waals surface area contributed by atoms with Gasteiger partial charge in [0.25, 0.3) is 0 Å². The van der Waals surface area contributed by atoms with Crippen LogP contribution >= 0.6 is 36.2 Å². The van der Waals surface area contributed by atoms with Gasteiger partial charge in [0.15, 0.2) is 0 Å². The van der Waals surface area contributed by atoms with Crippen molar-refractivity contribution in [2.45, 2.75) is 30.3 Å².